The molecule has 2 aliphatic heterocycles. The Labute approximate surface area is 178 Å². The molecule has 3 heterocycles. The molecular weight excluding hydrogens is 372 g/mol. The summed E-state index contributed by atoms with van der Waals surface area (Å²) in [7, 11) is 0. The summed E-state index contributed by atoms with van der Waals surface area (Å²) in [5.74, 6) is 0.840. The lowest BCUT2D eigenvalue weighted by Gasteiger charge is -2.32. The molecule has 0 aliphatic carbocycles. The van der Waals surface area contributed by atoms with Crippen molar-refractivity contribution in [1.82, 2.24) is 19.6 Å². The molecule has 5 nitrogen and oxygen atoms in total. The zero-order valence-corrected chi connectivity index (χ0v) is 17.5. The third-order valence-corrected chi connectivity index (χ3v) is 6.69. The number of carbonyl (C=O) groups excluding carboxylic acids is 1. The van der Waals surface area contributed by atoms with E-state index in [1.54, 1.807) is 0 Å². The van der Waals surface area contributed by atoms with Crippen LogP contribution in [0.1, 0.15) is 47.7 Å². The number of hydrogen-bond donors (Lipinski definition) is 0. The molecule has 2 aromatic carbocycles. The topological polar surface area (TPSA) is 41.4 Å². The van der Waals surface area contributed by atoms with E-state index < -0.39 is 0 Å². The van der Waals surface area contributed by atoms with Gasteiger partial charge in [-0.15, -0.1) is 0 Å². The fraction of sp³-hybridized carbons (Fsp3) is 0.440. The van der Waals surface area contributed by atoms with Crippen molar-refractivity contribution in [3.63, 3.8) is 0 Å². The van der Waals surface area contributed by atoms with Crippen LogP contribution in [0.5, 0.6) is 0 Å². The normalized spacial score (nSPS) is 18.5. The molecule has 2 aliphatic rings. The van der Waals surface area contributed by atoms with E-state index in [2.05, 4.69) is 40.3 Å². The summed E-state index contributed by atoms with van der Waals surface area (Å²) in [5.41, 5.74) is 3.17. The van der Waals surface area contributed by atoms with Gasteiger partial charge in [-0.1, -0.05) is 48.5 Å². The van der Waals surface area contributed by atoms with Gasteiger partial charge in [-0.25, -0.2) is 0 Å². The number of aromatic nitrogens is 2. The van der Waals surface area contributed by atoms with Crippen LogP contribution in [0.4, 0.5) is 0 Å². The lowest BCUT2D eigenvalue weighted by atomic mass is 9.89. The molecule has 156 valence electrons. The average Bonchev–Trinajstić information content (AvgIpc) is 3.09. The van der Waals surface area contributed by atoms with Gasteiger partial charge in [0.2, 0.25) is 0 Å². The maximum Gasteiger partial charge on any atom is 0.272 e. The van der Waals surface area contributed by atoms with Gasteiger partial charge in [0.25, 0.3) is 5.91 Å². The molecule has 0 spiro atoms. The van der Waals surface area contributed by atoms with Gasteiger partial charge in [-0.3, -0.25) is 9.48 Å². The Morgan fingerprint density at radius 3 is 2.47 bits per heavy atom. The van der Waals surface area contributed by atoms with Gasteiger partial charge < -0.3 is 9.80 Å². The number of aryl methyl sites for hydroxylation is 1. The Hall–Kier alpha value is -2.66. The molecule has 0 atom stereocenters. The molecule has 1 fully saturated rings. The zero-order valence-electron chi connectivity index (χ0n) is 17.5. The first-order chi connectivity index (χ1) is 14.8. The molecule has 30 heavy (non-hydrogen) atoms. The molecule has 5 rings (SSSR count). The van der Waals surface area contributed by atoms with Crippen molar-refractivity contribution in [2.24, 2.45) is 0 Å². The van der Waals surface area contributed by atoms with Crippen molar-refractivity contribution >= 4 is 16.8 Å². The average molecular weight is 403 g/mol. The van der Waals surface area contributed by atoms with E-state index in [-0.39, 0.29) is 5.91 Å². The van der Waals surface area contributed by atoms with Gasteiger partial charge in [0.15, 0.2) is 0 Å². The van der Waals surface area contributed by atoms with E-state index >= 15 is 0 Å². The molecule has 3 aromatic rings. The minimum Gasteiger partial charge on any atom is -0.337 e. The molecule has 1 aromatic heterocycles. The molecule has 0 radical (unpaired) electrons. The number of likely N-dealkylation sites (tertiary alicyclic amines) is 1. The standard InChI is InChI=1S/C25H30N4O/c30-25-24-22-10-4-5-11-23(22)26-29(24)17-7-16-28(25)15-6-14-27-18-12-21(13-19-27)20-8-2-1-3-9-20/h1-5,8-11,21H,6-7,12-19H2. The molecule has 5 heteroatoms. The molecule has 1 saturated heterocycles. The number of rotatable bonds is 5. The maximum absolute atomic E-state index is 13.2. The number of nitrogens with zero attached hydrogens (tertiary/aromatic N) is 4. The van der Waals surface area contributed by atoms with Crippen LogP contribution in [0.15, 0.2) is 54.6 Å². The van der Waals surface area contributed by atoms with Crippen LogP contribution in [-0.4, -0.2) is 58.2 Å². The minimum atomic E-state index is 0.143. The highest BCUT2D eigenvalue weighted by molar-refractivity contribution is 6.05. The fourth-order valence-corrected chi connectivity index (χ4v) is 5.04. The van der Waals surface area contributed by atoms with Crippen LogP contribution in [0, 0.1) is 0 Å². The van der Waals surface area contributed by atoms with Crippen LogP contribution >= 0.6 is 0 Å². The Balaban J connectivity index is 1.16. The smallest absolute Gasteiger partial charge is 0.272 e. The number of piperidine rings is 1. The van der Waals surface area contributed by atoms with Crippen LogP contribution < -0.4 is 0 Å². The largest absolute Gasteiger partial charge is 0.337 e. The summed E-state index contributed by atoms with van der Waals surface area (Å²) in [6, 6.07) is 18.9. The van der Waals surface area contributed by atoms with Crippen molar-refractivity contribution in [3.8, 4) is 0 Å². The summed E-state index contributed by atoms with van der Waals surface area (Å²) >= 11 is 0. The first kappa shape index (κ1) is 19.3. The predicted octanol–water partition coefficient (Wildman–Crippen LogP) is 4.15. The summed E-state index contributed by atoms with van der Waals surface area (Å²) in [4.78, 5) is 17.9. The van der Waals surface area contributed by atoms with Crippen molar-refractivity contribution < 1.29 is 4.79 Å². The Bertz CT molecular complexity index is 1000. The van der Waals surface area contributed by atoms with Gasteiger partial charge in [0.05, 0.1) is 5.52 Å². The van der Waals surface area contributed by atoms with Crippen LogP contribution in [0.3, 0.4) is 0 Å². The molecule has 0 saturated carbocycles. The summed E-state index contributed by atoms with van der Waals surface area (Å²) in [6.07, 6.45) is 4.47. The predicted molar refractivity (Wildman–Crippen MR) is 120 cm³/mol. The highest BCUT2D eigenvalue weighted by atomic mass is 16.2. The second-order valence-corrected chi connectivity index (χ2v) is 8.61. The number of amides is 1. The lowest BCUT2D eigenvalue weighted by molar-refractivity contribution is 0.0749. The number of hydrogen-bond acceptors (Lipinski definition) is 3. The molecule has 0 bridgehead atoms. The number of fused-ring (bicyclic) bond motifs is 3. The summed E-state index contributed by atoms with van der Waals surface area (Å²) in [6.45, 7) is 5.87. The molecule has 0 unspecified atom stereocenters. The van der Waals surface area contributed by atoms with Crippen LogP contribution in [0.2, 0.25) is 0 Å². The highest BCUT2D eigenvalue weighted by Gasteiger charge is 2.26. The monoisotopic (exact) mass is 402 g/mol. The van der Waals surface area contributed by atoms with Gasteiger partial charge in [0, 0.05) is 25.0 Å². The van der Waals surface area contributed by atoms with Gasteiger partial charge in [0.1, 0.15) is 5.69 Å². The number of benzene rings is 2. The van der Waals surface area contributed by atoms with Gasteiger partial charge in [-0.2, -0.15) is 5.10 Å². The third kappa shape index (κ3) is 3.86. The third-order valence-electron chi connectivity index (χ3n) is 6.69. The Morgan fingerprint density at radius 2 is 1.63 bits per heavy atom. The highest BCUT2D eigenvalue weighted by Crippen LogP contribution is 2.28. The lowest BCUT2D eigenvalue weighted by Crippen LogP contribution is -2.37. The van der Waals surface area contributed by atoms with Crippen molar-refractivity contribution in [2.75, 3.05) is 32.7 Å². The van der Waals surface area contributed by atoms with E-state index in [4.69, 9.17) is 0 Å². The number of carbonyl (C=O) groups is 1. The van der Waals surface area contributed by atoms with Crippen molar-refractivity contribution in [3.05, 3.63) is 65.9 Å². The summed E-state index contributed by atoms with van der Waals surface area (Å²) in [5, 5.41) is 5.63. The van der Waals surface area contributed by atoms with E-state index in [0.29, 0.717) is 5.92 Å². The first-order valence-corrected chi connectivity index (χ1v) is 11.3. The van der Waals surface area contributed by atoms with Crippen molar-refractivity contribution in [2.45, 2.75) is 38.1 Å². The zero-order chi connectivity index (χ0) is 20.3. The Morgan fingerprint density at radius 1 is 0.867 bits per heavy atom. The summed E-state index contributed by atoms with van der Waals surface area (Å²) < 4.78 is 1.92. The maximum atomic E-state index is 13.2. The van der Waals surface area contributed by atoms with Crippen molar-refractivity contribution in [1.29, 1.82) is 0 Å². The van der Waals surface area contributed by atoms with E-state index in [1.165, 1.54) is 18.4 Å². The fourth-order valence-electron chi connectivity index (χ4n) is 5.04. The molecular formula is C25H30N4O. The molecule has 0 N–H and O–H groups in total. The van der Waals surface area contributed by atoms with Crippen LogP contribution in [0.25, 0.3) is 10.9 Å². The minimum absolute atomic E-state index is 0.143. The van der Waals surface area contributed by atoms with E-state index in [0.717, 1.165) is 68.7 Å². The van der Waals surface area contributed by atoms with Gasteiger partial charge in [-0.05, 0) is 62.9 Å². The first-order valence-electron chi connectivity index (χ1n) is 11.3. The quantitative estimate of drug-likeness (QED) is 0.644. The Kier molecular flexibility index (Phi) is 5.54. The second kappa shape index (κ2) is 8.60. The van der Waals surface area contributed by atoms with Crippen LogP contribution in [-0.2, 0) is 6.54 Å². The SMILES string of the molecule is O=C1c2c3ccccc3nn2CCCN1CCCN1CCC(c2ccccc2)CC1. The van der Waals surface area contributed by atoms with E-state index in [9.17, 15) is 4.79 Å². The second-order valence-electron chi connectivity index (χ2n) is 8.61. The van der Waals surface area contributed by atoms with E-state index in [1.807, 2.05) is 33.8 Å². The molecule has 1 amide bonds. The van der Waals surface area contributed by atoms with Gasteiger partial charge >= 0.3 is 0 Å².